The normalized spacial score (nSPS) is 17.7. The third kappa shape index (κ3) is 3.72. The summed E-state index contributed by atoms with van der Waals surface area (Å²) in [5.41, 5.74) is 5.92. The second-order valence-electron chi connectivity index (χ2n) is 4.23. The molecule has 0 aromatic heterocycles. The summed E-state index contributed by atoms with van der Waals surface area (Å²) >= 11 is 1.79. The van der Waals surface area contributed by atoms with Gasteiger partial charge in [0.05, 0.1) is 12.1 Å². The summed E-state index contributed by atoms with van der Waals surface area (Å²) in [6.45, 7) is 0.234. The van der Waals surface area contributed by atoms with Gasteiger partial charge in [-0.15, -0.1) is 0 Å². The van der Waals surface area contributed by atoms with Crippen LogP contribution in [0.25, 0.3) is 0 Å². The lowest BCUT2D eigenvalue weighted by molar-refractivity contribution is 0.0937. The minimum Gasteiger partial charge on any atom is -0.348 e. The lowest BCUT2D eigenvalue weighted by Crippen LogP contribution is -2.35. The molecule has 100 valence electrons. The molecule has 0 aliphatic carbocycles. The molecule has 1 atom stereocenters. The van der Waals surface area contributed by atoms with E-state index in [0.29, 0.717) is 5.56 Å². The van der Waals surface area contributed by atoms with Crippen LogP contribution in [-0.4, -0.2) is 30.0 Å². The largest absolute Gasteiger partial charge is 0.348 e. The van der Waals surface area contributed by atoms with Gasteiger partial charge in [-0.3, -0.25) is 4.79 Å². The molecule has 0 bridgehead atoms. The van der Waals surface area contributed by atoms with Gasteiger partial charge in [0.1, 0.15) is 5.82 Å². The second-order valence-corrected chi connectivity index (χ2v) is 5.38. The summed E-state index contributed by atoms with van der Waals surface area (Å²) in [5.74, 6) is 6.50. The van der Waals surface area contributed by atoms with Crippen LogP contribution in [-0.2, 0) is 0 Å². The van der Waals surface area contributed by atoms with Gasteiger partial charge >= 0.3 is 0 Å². The zero-order valence-electron chi connectivity index (χ0n) is 10.4. The third-order valence-electron chi connectivity index (χ3n) is 2.81. The molecule has 3 N–H and O–H groups in total. The van der Waals surface area contributed by atoms with Crippen LogP contribution in [0.15, 0.2) is 18.2 Å². The van der Waals surface area contributed by atoms with Crippen LogP contribution in [0, 0.1) is 17.7 Å². The molecular weight excluding hydrogens is 263 g/mol. The van der Waals surface area contributed by atoms with Gasteiger partial charge in [-0.05, 0) is 30.4 Å². The second kappa shape index (κ2) is 6.60. The highest BCUT2D eigenvalue weighted by Crippen LogP contribution is 2.18. The molecular formula is C14H15FN2OS. The van der Waals surface area contributed by atoms with Crippen molar-refractivity contribution in [1.29, 1.82) is 0 Å². The SMILES string of the molecule is NCC#Cc1ccc(F)c(C(=O)NC2CCSC2)c1. The van der Waals surface area contributed by atoms with Crippen LogP contribution in [0.3, 0.4) is 0 Å². The summed E-state index contributed by atoms with van der Waals surface area (Å²) in [6, 6.07) is 4.41. The van der Waals surface area contributed by atoms with Crippen LogP contribution < -0.4 is 11.1 Å². The molecule has 5 heteroatoms. The van der Waals surface area contributed by atoms with Crippen LogP contribution in [0.5, 0.6) is 0 Å². The van der Waals surface area contributed by atoms with Gasteiger partial charge in [-0.2, -0.15) is 11.8 Å². The Kier molecular flexibility index (Phi) is 4.83. The molecule has 1 fully saturated rings. The molecule has 1 unspecified atom stereocenters. The Bertz CT molecular complexity index is 530. The Morgan fingerprint density at radius 2 is 2.42 bits per heavy atom. The Morgan fingerprint density at radius 3 is 3.11 bits per heavy atom. The average molecular weight is 278 g/mol. The molecule has 1 aliphatic heterocycles. The zero-order valence-corrected chi connectivity index (χ0v) is 11.2. The van der Waals surface area contributed by atoms with E-state index in [1.165, 1.54) is 12.1 Å². The molecule has 2 rings (SSSR count). The monoisotopic (exact) mass is 278 g/mol. The summed E-state index contributed by atoms with van der Waals surface area (Å²) in [7, 11) is 0. The van der Waals surface area contributed by atoms with E-state index in [-0.39, 0.29) is 24.1 Å². The summed E-state index contributed by atoms with van der Waals surface area (Å²) < 4.78 is 13.7. The van der Waals surface area contributed by atoms with Crippen molar-refractivity contribution in [2.24, 2.45) is 5.73 Å². The van der Waals surface area contributed by atoms with Crippen molar-refractivity contribution in [3.63, 3.8) is 0 Å². The number of amides is 1. The predicted octanol–water partition coefficient (Wildman–Crippen LogP) is 1.37. The van der Waals surface area contributed by atoms with Crippen molar-refractivity contribution >= 4 is 17.7 Å². The van der Waals surface area contributed by atoms with E-state index in [4.69, 9.17) is 5.73 Å². The van der Waals surface area contributed by atoms with Crippen LogP contribution in [0.2, 0.25) is 0 Å². The van der Waals surface area contributed by atoms with Crippen LogP contribution in [0.4, 0.5) is 4.39 Å². The Balaban J connectivity index is 2.15. The molecule has 1 aliphatic rings. The molecule has 1 aromatic carbocycles. The minimum atomic E-state index is -0.526. The first-order chi connectivity index (χ1) is 9.20. The number of nitrogens with one attached hydrogen (secondary N) is 1. The maximum Gasteiger partial charge on any atom is 0.254 e. The summed E-state index contributed by atoms with van der Waals surface area (Å²) in [5, 5.41) is 2.85. The number of hydrogen-bond acceptors (Lipinski definition) is 3. The van der Waals surface area contributed by atoms with Crippen molar-refractivity contribution < 1.29 is 9.18 Å². The van der Waals surface area contributed by atoms with E-state index in [9.17, 15) is 9.18 Å². The van der Waals surface area contributed by atoms with Gasteiger partial charge in [-0.25, -0.2) is 4.39 Å². The fraction of sp³-hybridized carbons (Fsp3) is 0.357. The van der Waals surface area contributed by atoms with Crippen molar-refractivity contribution in [2.45, 2.75) is 12.5 Å². The first kappa shape index (κ1) is 13.9. The molecule has 3 nitrogen and oxygen atoms in total. The van der Waals surface area contributed by atoms with Crippen molar-refractivity contribution in [1.82, 2.24) is 5.32 Å². The summed E-state index contributed by atoms with van der Waals surface area (Å²) in [4.78, 5) is 12.0. The molecule has 1 aromatic rings. The van der Waals surface area contributed by atoms with Gasteiger partial charge in [0.2, 0.25) is 0 Å². The third-order valence-corrected chi connectivity index (χ3v) is 3.97. The number of benzene rings is 1. The maximum absolute atomic E-state index is 13.7. The molecule has 0 saturated carbocycles. The highest BCUT2D eigenvalue weighted by Gasteiger charge is 2.20. The number of rotatable bonds is 2. The highest BCUT2D eigenvalue weighted by atomic mass is 32.2. The standard InChI is InChI=1S/C14H15FN2OS/c15-13-4-3-10(2-1-6-16)8-12(13)14(18)17-11-5-7-19-9-11/h3-4,8,11H,5-7,9,16H2,(H,17,18). The van der Waals surface area contributed by atoms with Gasteiger partial charge < -0.3 is 11.1 Å². The molecule has 19 heavy (non-hydrogen) atoms. The first-order valence-corrected chi connectivity index (χ1v) is 7.23. The molecule has 1 heterocycles. The van der Waals surface area contributed by atoms with E-state index in [0.717, 1.165) is 17.9 Å². The smallest absolute Gasteiger partial charge is 0.254 e. The number of carbonyl (C=O) groups is 1. The Labute approximate surface area is 116 Å². The van der Waals surface area contributed by atoms with Crippen LogP contribution in [0.1, 0.15) is 22.3 Å². The van der Waals surface area contributed by atoms with Crippen molar-refractivity contribution in [2.75, 3.05) is 18.1 Å². The molecule has 1 amide bonds. The first-order valence-electron chi connectivity index (χ1n) is 6.08. The van der Waals surface area contributed by atoms with E-state index in [1.54, 1.807) is 17.8 Å². The number of hydrogen-bond donors (Lipinski definition) is 2. The minimum absolute atomic E-state index is 0.0423. The lowest BCUT2D eigenvalue weighted by atomic mass is 10.1. The predicted molar refractivity (Wildman–Crippen MR) is 75.5 cm³/mol. The molecule has 1 saturated heterocycles. The quantitative estimate of drug-likeness (QED) is 0.803. The number of carbonyl (C=O) groups excluding carboxylic acids is 1. The number of nitrogens with two attached hydrogens (primary N) is 1. The maximum atomic E-state index is 13.7. The van der Waals surface area contributed by atoms with Gasteiger partial charge in [0, 0.05) is 17.4 Å². The Morgan fingerprint density at radius 1 is 1.58 bits per heavy atom. The van der Waals surface area contributed by atoms with E-state index < -0.39 is 5.82 Å². The lowest BCUT2D eigenvalue weighted by Gasteiger charge is -2.11. The fourth-order valence-corrected chi connectivity index (χ4v) is 2.99. The van der Waals surface area contributed by atoms with Crippen LogP contribution >= 0.6 is 11.8 Å². The Hall–Kier alpha value is -1.51. The van der Waals surface area contributed by atoms with Crippen molar-refractivity contribution in [3.8, 4) is 11.8 Å². The average Bonchev–Trinajstić information content (AvgIpc) is 2.90. The zero-order chi connectivity index (χ0) is 13.7. The highest BCUT2D eigenvalue weighted by molar-refractivity contribution is 7.99. The van der Waals surface area contributed by atoms with Gasteiger partial charge in [0.15, 0.2) is 0 Å². The fourth-order valence-electron chi connectivity index (χ4n) is 1.84. The topological polar surface area (TPSA) is 55.1 Å². The number of thioether (sulfide) groups is 1. The number of halogens is 1. The molecule has 0 radical (unpaired) electrons. The van der Waals surface area contributed by atoms with E-state index >= 15 is 0 Å². The van der Waals surface area contributed by atoms with Crippen molar-refractivity contribution in [3.05, 3.63) is 35.1 Å². The van der Waals surface area contributed by atoms with E-state index in [1.807, 2.05) is 0 Å². The molecule has 0 spiro atoms. The van der Waals surface area contributed by atoms with Gasteiger partial charge in [-0.1, -0.05) is 11.8 Å². The van der Waals surface area contributed by atoms with E-state index in [2.05, 4.69) is 17.2 Å². The van der Waals surface area contributed by atoms with Gasteiger partial charge in [0.25, 0.3) is 5.91 Å². The summed E-state index contributed by atoms with van der Waals surface area (Å²) in [6.07, 6.45) is 0.935.